The van der Waals surface area contributed by atoms with E-state index in [1.165, 1.54) is 4.31 Å². The molecule has 2 aromatic rings. The first-order valence-electron chi connectivity index (χ1n) is 8.35. The molecule has 1 aliphatic rings. The number of sulfonamides is 1. The average molecular weight is 398 g/mol. The third-order valence-corrected chi connectivity index (χ3v) is 6.21. The predicted molar refractivity (Wildman–Crippen MR) is 93.3 cm³/mol. The summed E-state index contributed by atoms with van der Waals surface area (Å²) in [4.78, 5) is 12.1. The number of nitrogens with zero attached hydrogens (tertiary/aromatic N) is 1. The van der Waals surface area contributed by atoms with Crippen LogP contribution in [0.3, 0.4) is 0 Å². The molecule has 9 heteroatoms. The summed E-state index contributed by atoms with van der Waals surface area (Å²) in [5.74, 6) is -4.15. The van der Waals surface area contributed by atoms with Gasteiger partial charge in [0.05, 0.1) is 10.5 Å². The van der Waals surface area contributed by atoms with Crippen molar-refractivity contribution in [1.82, 2.24) is 4.31 Å². The molecule has 1 amide bonds. The van der Waals surface area contributed by atoms with E-state index in [1.54, 1.807) is 0 Å². The molecular weight excluding hydrogens is 381 g/mol. The van der Waals surface area contributed by atoms with Crippen molar-refractivity contribution >= 4 is 21.6 Å². The summed E-state index contributed by atoms with van der Waals surface area (Å²) in [5.41, 5.74) is -0.583. The topological polar surface area (TPSA) is 66.5 Å². The Kier molecular flexibility index (Phi) is 5.52. The summed E-state index contributed by atoms with van der Waals surface area (Å²) in [6, 6.07) is 5.64. The number of nitrogens with one attached hydrogen (secondary N) is 1. The molecule has 0 bridgehead atoms. The van der Waals surface area contributed by atoms with Crippen LogP contribution >= 0.6 is 0 Å². The zero-order chi connectivity index (χ0) is 19.6. The molecule has 0 radical (unpaired) electrons. The van der Waals surface area contributed by atoms with Crippen molar-refractivity contribution in [2.75, 3.05) is 18.4 Å². The van der Waals surface area contributed by atoms with Gasteiger partial charge in [0.25, 0.3) is 5.91 Å². The van der Waals surface area contributed by atoms with Crippen LogP contribution in [0.25, 0.3) is 0 Å². The van der Waals surface area contributed by atoms with Crippen molar-refractivity contribution in [2.45, 2.75) is 24.2 Å². The lowest BCUT2D eigenvalue weighted by Crippen LogP contribution is -2.35. The van der Waals surface area contributed by atoms with Gasteiger partial charge in [0.2, 0.25) is 10.0 Å². The van der Waals surface area contributed by atoms with E-state index in [2.05, 4.69) is 5.32 Å². The van der Waals surface area contributed by atoms with Gasteiger partial charge in [-0.2, -0.15) is 4.31 Å². The van der Waals surface area contributed by atoms with E-state index in [0.29, 0.717) is 13.1 Å². The quantitative estimate of drug-likeness (QED) is 0.857. The van der Waals surface area contributed by atoms with Gasteiger partial charge in [-0.25, -0.2) is 21.6 Å². The lowest BCUT2D eigenvalue weighted by molar-refractivity contribution is 0.102. The van der Waals surface area contributed by atoms with Gasteiger partial charge in [0.15, 0.2) is 11.6 Å². The fraction of sp³-hybridized carbons (Fsp3) is 0.278. The van der Waals surface area contributed by atoms with Crippen LogP contribution in [0, 0.1) is 17.5 Å². The average Bonchev–Trinajstić information content (AvgIpc) is 2.65. The Balaban J connectivity index is 1.88. The maximum absolute atomic E-state index is 14.1. The van der Waals surface area contributed by atoms with E-state index in [0.717, 1.165) is 55.7 Å². The highest BCUT2D eigenvalue weighted by atomic mass is 32.2. The second kappa shape index (κ2) is 7.69. The largest absolute Gasteiger partial charge is 0.322 e. The molecule has 2 aromatic carbocycles. The molecule has 144 valence electrons. The van der Waals surface area contributed by atoms with E-state index in [4.69, 9.17) is 0 Å². The Morgan fingerprint density at radius 3 is 2.22 bits per heavy atom. The molecular formula is C18H17F3N2O3S. The van der Waals surface area contributed by atoms with Gasteiger partial charge < -0.3 is 5.32 Å². The van der Waals surface area contributed by atoms with Crippen LogP contribution in [0.5, 0.6) is 0 Å². The summed E-state index contributed by atoms with van der Waals surface area (Å²) in [5, 5.41) is 2.23. The van der Waals surface area contributed by atoms with E-state index < -0.39 is 38.9 Å². The lowest BCUT2D eigenvalue weighted by Gasteiger charge is -2.26. The minimum atomic E-state index is -3.84. The first-order chi connectivity index (χ1) is 12.8. The fourth-order valence-electron chi connectivity index (χ4n) is 2.87. The van der Waals surface area contributed by atoms with E-state index in [9.17, 15) is 26.4 Å². The van der Waals surface area contributed by atoms with Crippen LogP contribution in [0.1, 0.15) is 29.6 Å². The fourth-order valence-corrected chi connectivity index (χ4v) is 4.41. The first kappa shape index (κ1) is 19.4. The Bertz CT molecular complexity index is 974. The highest BCUT2D eigenvalue weighted by Gasteiger charge is 2.27. The molecule has 3 rings (SSSR count). The molecule has 27 heavy (non-hydrogen) atoms. The number of hydrogen-bond donors (Lipinski definition) is 1. The first-order valence-corrected chi connectivity index (χ1v) is 9.79. The van der Waals surface area contributed by atoms with Crippen LogP contribution in [-0.4, -0.2) is 31.7 Å². The Hall–Kier alpha value is -2.39. The van der Waals surface area contributed by atoms with Gasteiger partial charge in [-0.3, -0.25) is 4.79 Å². The van der Waals surface area contributed by atoms with Gasteiger partial charge in [-0.05, 0) is 43.2 Å². The molecule has 1 N–H and O–H groups in total. The van der Waals surface area contributed by atoms with Crippen LogP contribution in [0.4, 0.5) is 18.9 Å². The minimum absolute atomic E-state index is 0.0809. The van der Waals surface area contributed by atoms with Gasteiger partial charge in [-0.15, -0.1) is 0 Å². The van der Waals surface area contributed by atoms with Gasteiger partial charge >= 0.3 is 0 Å². The Morgan fingerprint density at radius 1 is 0.889 bits per heavy atom. The third-order valence-electron chi connectivity index (χ3n) is 4.31. The summed E-state index contributed by atoms with van der Waals surface area (Å²) in [6.07, 6.45) is 2.42. The number of benzene rings is 2. The van der Waals surface area contributed by atoms with Crippen LogP contribution in [0.15, 0.2) is 41.3 Å². The molecule has 1 fully saturated rings. The van der Waals surface area contributed by atoms with Crippen molar-refractivity contribution in [3.63, 3.8) is 0 Å². The molecule has 1 saturated heterocycles. The van der Waals surface area contributed by atoms with Crippen molar-refractivity contribution in [3.8, 4) is 0 Å². The normalized spacial score (nSPS) is 15.5. The number of carbonyl (C=O) groups excluding carboxylic acids is 1. The maximum atomic E-state index is 14.1. The van der Waals surface area contributed by atoms with Gasteiger partial charge in [0, 0.05) is 24.8 Å². The highest BCUT2D eigenvalue weighted by molar-refractivity contribution is 7.89. The van der Waals surface area contributed by atoms with Crippen molar-refractivity contribution in [1.29, 1.82) is 0 Å². The van der Waals surface area contributed by atoms with E-state index >= 15 is 0 Å². The number of carbonyl (C=O) groups is 1. The maximum Gasteiger partial charge on any atom is 0.258 e. The molecule has 0 aromatic heterocycles. The number of amides is 1. The second-order valence-electron chi connectivity index (χ2n) is 6.19. The lowest BCUT2D eigenvalue weighted by atomic mass is 10.2. The van der Waals surface area contributed by atoms with Crippen molar-refractivity contribution in [3.05, 3.63) is 59.4 Å². The standard InChI is InChI=1S/C18H17F3N2O3S/c19-15-7-5-13(27(25,26)23-8-2-1-3-9-23)11-14(15)18(24)22-12-4-6-16(20)17(21)10-12/h4-7,10-11H,1-3,8-9H2,(H,22,24). The Morgan fingerprint density at radius 2 is 1.56 bits per heavy atom. The SMILES string of the molecule is O=C(Nc1ccc(F)c(F)c1)c1cc(S(=O)(=O)N2CCCCC2)ccc1F. The van der Waals surface area contributed by atoms with Crippen LogP contribution < -0.4 is 5.32 Å². The molecule has 0 aliphatic carbocycles. The number of halogens is 3. The molecule has 5 nitrogen and oxygen atoms in total. The van der Waals surface area contributed by atoms with Crippen molar-refractivity contribution in [2.24, 2.45) is 0 Å². The number of piperidine rings is 1. The second-order valence-corrected chi connectivity index (χ2v) is 8.13. The molecule has 0 atom stereocenters. The summed E-state index contributed by atoms with van der Waals surface area (Å²) >= 11 is 0. The van der Waals surface area contributed by atoms with Crippen LogP contribution in [-0.2, 0) is 10.0 Å². The minimum Gasteiger partial charge on any atom is -0.322 e. The van der Waals surface area contributed by atoms with Gasteiger partial charge in [0.1, 0.15) is 5.82 Å². The smallest absolute Gasteiger partial charge is 0.258 e. The summed E-state index contributed by atoms with van der Waals surface area (Å²) in [7, 11) is -3.84. The summed E-state index contributed by atoms with van der Waals surface area (Å²) < 4.78 is 67.0. The third kappa shape index (κ3) is 4.14. The number of hydrogen-bond acceptors (Lipinski definition) is 3. The zero-order valence-corrected chi connectivity index (χ0v) is 15.0. The summed E-state index contributed by atoms with van der Waals surface area (Å²) in [6.45, 7) is 0.742. The molecule has 1 heterocycles. The molecule has 0 spiro atoms. The zero-order valence-electron chi connectivity index (χ0n) is 14.2. The molecule has 1 aliphatic heterocycles. The monoisotopic (exact) mass is 398 g/mol. The van der Waals surface area contributed by atoms with Gasteiger partial charge in [-0.1, -0.05) is 6.42 Å². The predicted octanol–water partition coefficient (Wildman–Crippen LogP) is 3.53. The molecule has 0 unspecified atom stereocenters. The van der Waals surface area contributed by atoms with Crippen molar-refractivity contribution < 1.29 is 26.4 Å². The molecule has 0 saturated carbocycles. The Labute approximate surface area is 154 Å². The number of rotatable bonds is 4. The van der Waals surface area contributed by atoms with E-state index in [1.807, 2.05) is 0 Å². The van der Waals surface area contributed by atoms with Crippen LogP contribution in [0.2, 0.25) is 0 Å². The number of anilines is 1. The van der Waals surface area contributed by atoms with E-state index in [-0.39, 0.29) is 10.6 Å². The highest BCUT2D eigenvalue weighted by Crippen LogP contribution is 2.23.